The third kappa shape index (κ3) is 7.74. The predicted molar refractivity (Wildman–Crippen MR) is 143 cm³/mol. The number of hydrogen-bond acceptors (Lipinski definition) is 10. The summed E-state index contributed by atoms with van der Waals surface area (Å²) < 4.78 is 15.4. The van der Waals surface area contributed by atoms with Crippen molar-refractivity contribution in [2.24, 2.45) is 0 Å². The number of anilines is 2. The number of carbonyl (C=O) groups is 3. The maximum atomic E-state index is 12.2. The van der Waals surface area contributed by atoms with Crippen molar-refractivity contribution >= 4 is 40.3 Å². The van der Waals surface area contributed by atoms with Crippen LogP contribution in [0.2, 0.25) is 0 Å². The molecule has 0 saturated heterocycles. The van der Waals surface area contributed by atoms with Gasteiger partial charge in [0.05, 0.1) is 38.5 Å². The lowest BCUT2D eigenvalue weighted by Crippen LogP contribution is -2.38. The van der Waals surface area contributed by atoms with E-state index in [1.807, 2.05) is 37.3 Å². The Bertz CT molecular complexity index is 1270. The maximum Gasteiger partial charge on any atom is 0.319 e. The Morgan fingerprint density at radius 2 is 1.74 bits per heavy atom. The number of esters is 2. The Morgan fingerprint density at radius 3 is 2.37 bits per heavy atom. The van der Waals surface area contributed by atoms with Crippen LogP contribution in [0.5, 0.6) is 5.75 Å². The number of carbonyl (C=O) groups excluding carboxylic acids is 3. The average Bonchev–Trinajstić information content (AvgIpc) is 2.93. The van der Waals surface area contributed by atoms with Crippen LogP contribution in [0.25, 0.3) is 10.9 Å². The van der Waals surface area contributed by atoms with Gasteiger partial charge in [-0.3, -0.25) is 19.3 Å². The van der Waals surface area contributed by atoms with E-state index in [1.54, 1.807) is 12.1 Å². The van der Waals surface area contributed by atoms with Gasteiger partial charge in [-0.05, 0) is 24.6 Å². The zero-order valence-corrected chi connectivity index (χ0v) is 21.6. The summed E-state index contributed by atoms with van der Waals surface area (Å²) in [5, 5.41) is 6.84. The van der Waals surface area contributed by atoms with E-state index in [9.17, 15) is 14.4 Å². The van der Waals surface area contributed by atoms with Crippen molar-refractivity contribution in [3.8, 4) is 5.75 Å². The van der Waals surface area contributed by atoms with Gasteiger partial charge in [0.25, 0.3) is 0 Å². The lowest BCUT2D eigenvalue weighted by atomic mass is 10.1. The highest BCUT2D eigenvalue weighted by Crippen LogP contribution is 2.33. The van der Waals surface area contributed by atoms with Crippen LogP contribution in [0.3, 0.4) is 0 Å². The molecule has 0 aliphatic rings. The fourth-order valence-corrected chi connectivity index (χ4v) is 3.62. The van der Waals surface area contributed by atoms with Gasteiger partial charge in [0.1, 0.15) is 24.5 Å². The van der Waals surface area contributed by atoms with Gasteiger partial charge in [-0.1, -0.05) is 36.9 Å². The number of hydrogen-bond donors (Lipinski definition) is 2. The molecule has 0 spiro atoms. The first kappa shape index (κ1) is 28.1. The van der Waals surface area contributed by atoms with E-state index in [0.717, 1.165) is 11.6 Å². The summed E-state index contributed by atoms with van der Waals surface area (Å²) in [6.07, 6.45) is 2.60. The summed E-state index contributed by atoms with van der Waals surface area (Å²) in [4.78, 5) is 46.0. The summed E-state index contributed by atoms with van der Waals surface area (Å²) in [7, 11) is 2.54. The molecule has 2 aromatic carbocycles. The maximum absolute atomic E-state index is 12.2. The monoisotopic (exact) mass is 521 g/mol. The molecule has 1 aromatic heterocycles. The summed E-state index contributed by atoms with van der Waals surface area (Å²) in [5.74, 6) is -0.477. The van der Waals surface area contributed by atoms with Crippen molar-refractivity contribution in [3.05, 3.63) is 67.0 Å². The van der Waals surface area contributed by atoms with E-state index in [2.05, 4.69) is 27.2 Å². The van der Waals surface area contributed by atoms with Crippen LogP contribution < -0.4 is 15.4 Å². The quantitative estimate of drug-likeness (QED) is 0.256. The Balaban J connectivity index is 1.85. The van der Waals surface area contributed by atoms with E-state index in [4.69, 9.17) is 14.2 Å². The summed E-state index contributed by atoms with van der Waals surface area (Å²) in [5.41, 5.74) is 2.07. The molecule has 0 aliphatic carbocycles. The molecule has 3 rings (SSSR count). The smallest absolute Gasteiger partial charge is 0.319 e. The van der Waals surface area contributed by atoms with Crippen molar-refractivity contribution in [1.82, 2.24) is 14.9 Å². The summed E-state index contributed by atoms with van der Waals surface area (Å²) >= 11 is 0. The zero-order valence-electron chi connectivity index (χ0n) is 21.6. The first-order chi connectivity index (χ1) is 18.3. The number of rotatable bonds is 13. The Labute approximate surface area is 220 Å². The number of methoxy groups -OCH3 is 2. The highest BCUT2D eigenvalue weighted by Gasteiger charge is 2.18. The number of nitrogens with zero attached hydrogens (tertiary/aromatic N) is 3. The second kappa shape index (κ2) is 13.7. The minimum atomic E-state index is -0.500. The molecule has 1 atom stereocenters. The number of aromatic nitrogens is 2. The fourth-order valence-electron chi connectivity index (χ4n) is 3.62. The van der Waals surface area contributed by atoms with Crippen LogP contribution in [0.15, 0.2) is 61.4 Å². The van der Waals surface area contributed by atoms with Gasteiger partial charge < -0.3 is 24.8 Å². The van der Waals surface area contributed by atoms with Gasteiger partial charge in [-0.25, -0.2) is 9.97 Å². The van der Waals surface area contributed by atoms with Crippen molar-refractivity contribution in [2.45, 2.75) is 13.0 Å². The van der Waals surface area contributed by atoms with E-state index in [0.29, 0.717) is 28.2 Å². The topological polar surface area (TPSA) is 132 Å². The van der Waals surface area contributed by atoms with Gasteiger partial charge in [-0.2, -0.15) is 0 Å². The molecule has 2 N–H and O–H groups in total. The molecule has 0 bridgehead atoms. The molecule has 3 aromatic rings. The first-order valence-corrected chi connectivity index (χ1v) is 11.9. The Hall–Kier alpha value is -4.51. The molecule has 0 aliphatic heterocycles. The van der Waals surface area contributed by atoms with Crippen LogP contribution in [-0.2, 0) is 23.9 Å². The third-order valence-electron chi connectivity index (χ3n) is 5.66. The number of amides is 1. The van der Waals surface area contributed by atoms with Gasteiger partial charge >= 0.3 is 11.9 Å². The number of benzene rings is 2. The highest BCUT2D eigenvalue weighted by atomic mass is 16.5. The van der Waals surface area contributed by atoms with E-state index in [-0.39, 0.29) is 32.3 Å². The van der Waals surface area contributed by atoms with Crippen LogP contribution >= 0.6 is 0 Å². The van der Waals surface area contributed by atoms with Crippen molar-refractivity contribution in [1.29, 1.82) is 0 Å². The first-order valence-electron chi connectivity index (χ1n) is 11.9. The SMILES string of the molecule is C=CC(=O)Nc1cc2c(NC(C)c3ccccc3)ncnc2cc1OCCN(CC(=O)OC)CC(=O)OC. The molecular formula is C27H31N5O6. The molecule has 1 unspecified atom stereocenters. The number of ether oxygens (including phenoxy) is 3. The number of nitrogens with one attached hydrogen (secondary N) is 2. The lowest BCUT2D eigenvalue weighted by Gasteiger charge is -2.21. The molecule has 0 saturated carbocycles. The van der Waals surface area contributed by atoms with Crippen LogP contribution in [0.1, 0.15) is 18.5 Å². The van der Waals surface area contributed by atoms with E-state index < -0.39 is 17.8 Å². The molecule has 0 radical (unpaired) electrons. The average molecular weight is 522 g/mol. The van der Waals surface area contributed by atoms with Crippen molar-refractivity contribution in [3.63, 3.8) is 0 Å². The Morgan fingerprint density at radius 1 is 1.05 bits per heavy atom. The second-order valence-electron chi connectivity index (χ2n) is 8.27. The van der Waals surface area contributed by atoms with Crippen LogP contribution in [0.4, 0.5) is 11.5 Å². The predicted octanol–water partition coefficient (Wildman–Crippen LogP) is 2.95. The van der Waals surface area contributed by atoms with Gasteiger partial charge in [0.2, 0.25) is 5.91 Å². The standard InChI is InChI=1S/C27H31N5O6/c1-5-24(33)31-22-13-20-21(28-17-29-27(20)30-18(2)19-9-7-6-8-10-19)14-23(22)38-12-11-32(15-25(34)36-3)16-26(35)37-4/h5-10,13-14,17-18H,1,11-12,15-16H2,2-4H3,(H,31,33)(H,28,29,30). The molecule has 38 heavy (non-hydrogen) atoms. The molecule has 11 heteroatoms. The van der Waals surface area contributed by atoms with Gasteiger partial charge in [0.15, 0.2) is 0 Å². The van der Waals surface area contributed by atoms with Crippen molar-refractivity contribution < 1.29 is 28.6 Å². The lowest BCUT2D eigenvalue weighted by molar-refractivity contribution is -0.145. The molecular weight excluding hydrogens is 490 g/mol. The highest BCUT2D eigenvalue weighted by molar-refractivity contribution is 6.03. The normalized spacial score (nSPS) is 11.5. The van der Waals surface area contributed by atoms with Crippen molar-refractivity contribution in [2.75, 3.05) is 51.1 Å². The van der Waals surface area contributed by atoms with Gasteiger partial charge in [0, 0.05) is 24.0 Å². The third-order valence-corrected chi connectivity index (χ3v) is 5.66. The summed E-state index contributed by atoms with van der Waals surface area (Å²) in [6, 6.07) is 13.3. The molecule has 1 heterocycles. The molecule has 11 nitrogen and oxygen atoms in total. The summed E-state index contributed by atoms with van der Waals surface area (Å²) in [6.45, 7) is 5.61. The minimum Gasteiger partial charge on any atom is -0.490 e. The van der Waals surface area contributed by atoms with E-state index >= 15 is 0 Å². The molecule has 200 valence electrons. The number of fused-ring (bicyclic) bond motifs is 1. The van der Waals surface area contributed by atoms with E-state index in [1.165, 1.54) is 25.4 Å². The Kier molecular flexibility index (Phi) is 10.1. The largest absolute Gasteiger partial charge is 0.490 e. The van der Waals surface area contributed by atoms with Gasteiger partial charge in [-0.15, -0.1) is 0 Å². The zero-order chi connectivity index (χ0) is 27.5. The van der Waals surface area contributed by atoms with Crippen LogP contribution in [-0.4, -0.2) is 73.2 Å². The fraction of sp³-hybridized carbons (Fsp3) is 0.296. The second-order valence-corrected chi connectivity index (χ2v) is 8.27. The molecule has 1 amide bonds. The van der Waals surface area contributed by atoms with Crippen LogP contribution in [0, 0.1) is 0 Å². The molecule has 0 fully saturated rings. The minimum absolute atomic E-state index is 0.0351.